The lowest BCUT2D eigenvalue weighted by atomic mass is 10.0. The summed E-state index contributed by atoms with van der Waals surface area (Å²) in [5.41, 5.74) is 5.43. The zero-order valence-electron chi connectivity index (χ0n) is 9.67. The first-order chi connectivity index (χ1) is 6.60. The van der Waals surface area contributed by atoms with E-state index in [0.29, 0.717) is 25.6 Å². The van der Waals surface area contributed by atoms with Gasteiger partial charge >= 0.3 is 0 Å². The Kier molecular flexibility index (Phi) is 6.49. The second kappa shape index (κ2) is 6.79. The molecule has 0 amide bonds. The lowest BCUT2D eigenvalue weighted by Crippen LogP contribution is -2.43. The predicted octanol–water partition coefficient (Wildman–Crippen LogP) is 1.20. The van der Waals surface area contributed by atoms with Gasteiger partial charge in [0, 0.05) is 13.7 Å². The molecule has 0 aliphatic carbocycles. The third-order valence-electron chi connectivity index (χ3n) is 2.26. The minimum absolute atomic E-state index is 0.428. The van der Waals surface area contributed by atoms with Gasteiger partial charge in [-0.3, -0.25) is 4.99 Å². The van der Waals surface area contributed by atoms with Crippen LogP contribution in [0.1, 0.15) is 27.2 Å². The van der Waals surface area contributed by atoms with Crippen LogP contribution < -0.4 is 5.73 Å². The Hall–Kier alpha value is -0.610. The Morgan fingerprint density at radius 3 is 2.50 bits per heavy atom. The van der Waals surface area contributed by atoms with Gasteiger partial charge in [-0.1, -0.05) is 6.92 Å². The highest BCUT2D eigenvalue weighted by Crippen LogP contribution is 2.15. The van der Waals surface area contributed by atoms with Crippen LogP contribution in [0, 0.1) is 0 Å². The fourth-order valence-corrected chi connectivity index (χ4v) is 1.10. The molecule has 4 heteroatoms. The molecule has 0 aromatic carbocycles. The summed E-state index contributed by atoms with van der Waals surface area (Å²) in [5, 5.41) is 0. The topological polar surface area (TPSA) is 56.8 Å². The van der Waals surface area contributed by atoms with E-state index < -0.39 is 5.60 Å². The van der Waals surface area contributed by atoms with Crippen molar-refractivity contribution in [3.05, 3.63) is 0 Å². The molecular weight excluding hydrogens is 180 g/mol. The number of aliphatic imine (C=N–C) groups is 1. The number of hydrogen-bond donors (Lipinski definition) is 1. The number of amidine groups is 1. The zero-order chi connectivity index (χ0) is 11.0. The third kappa shape index (κ3) is 4.07. The van der Waals surface area contributed by atoms with Crippen LogP contribution in [0.3, 0.4) is 0 Å². The van der Waals surface area contributed by atoms with Crippen molar-refractivity contribution < 1.29 is 9.47 Å². The largest absolute Gasteiger partial charge is 0.385 e. The Bertz CT molecular complexity index is 183. The van der Waals surface area contributed by atoms with Gasteiger partial charge in [0.2, 0.25) is 0 Å². The molecule has 0 rings (SSSR count). The highest BCUT2D eigenvalue weighted by molar-refractivity contribution is 5.88. The molecule has 0 fully saturated rings. The maximum absolute atomic E-state index is 5.86. The molecule has 0 spiro atoms. The summed E-state index contributed by atoms with van der Waals surface area (Å²) < 4.78 is 10.5. The van der Waals surface area contributed by atoms with Crippen LogP contribution in [0.4, 0.5) is 0 Å². The van der Waals surface area contributed by atoms with Crippen molar-refractivity contribution in [2.75, 3.05) is 26.9 Å². The normalized spacial score (nSPS) is 16.7. The first-order valence-corrected chi connectivity index (χ1v) is 5.04. The van der Waals surface area contributed by atoms with Crippen LogP contribution in [0.25, 0.3) is 0 Å². The van der Waals surface area contributed by atoms with E-state index in [0.717, 1.165) is 6.42 Å². The van der Waals surface area contributed by atoms with Crippen LogP contribution in [0.2, 0.25) is 0 Å². The Morgan fingerprint density at radius 1 is 1.43 bits per heavy atom. The fraction of sp³-hybridized carbons (Fsp3) is 0.900. The molecule has 0 bridgehead atoms. The molecule has 0 aromatic heterocycles. The quantitative estimate of drug-likeness (QED) is 0.383. The van der Waals surface area contributed by atoms with Crippen LogP contribution in [0.15, 0.2) is 4.99 Å². The number of nitrogens with two attached hydrogens (primary N) is 1. The molecule has 2 N–H and O–H groups in total. The van der Waals surface area contributed by atoms with Crippen molar-refractivity contribution in [3.8, 4) is 0 Å². The summed E-state index contributed by atoms with van der Waals surface area (Å²) in [5.74, 6) is 0.555. The van der Waals surface area contributed by atoms with E-state index in [9.17, 15) is 0 Å². The Labute approximate surface area is 86.5 Å². The van der Waals surface area contributed by atoms with Crippen molar-refractivity contribution in [1.29, 1.82) is 0 Å². The number of nitrogens with zero attached hydrogens (tertiary/aromatic N) is 1. The monoisotopic (exact) mass is 202 g/mol. The SMILES string of the molecule is CCOC(C)(CC)C(N)=NCCOC. The van der Waals surface area contributed by atoms with Crippen molar-refractivity contribution in [3.63, 3.8) is 0 Å². The molecule has 0 aliphatic rings. The lowest BCUT2D eigenvalue weighted by Gasteiger charge is -2.27. The summed E-state index contributed by atoms with van der Waals surface area (Å²) in [7, 11) is 1.65. The molecule has 1 atom stereocenters. The van der Waals surface area contributed by atoms with Gasteiger partial charge in [-0.2, -0.15) is 0 Å². The van der Waals surface area contributed by atoms with E-state index in [1.165, 1.54) is 0 Å². The van der Waals surface area contributed by atoms with E-state index in [2.05, 4.69) is 4.99 Å². The molecule has 0 aromatic rings. The number of rotatable bonds is 7. The van der Waals surface area contributed by atoms with Crippen molar-refractivity contribution in [2.45, 2.75) is 32.8 Å². The van der Waals surface area contributed by atoms with Crippen LogP contribution in [-0.2, 0) is 9.47 Å². The molecule has 4 nitrogen and oxygen atoms in total. The summed E-state index contributed by atoms with van der Waals surface area (Å²) in [6, 6.07) is 0. The van der Waals surface area contributed by atoms with Gasteiger partial charge in [0.25, 0.3) is 0 Å². The van der Waals surface area contributed by atoms with Gasteiger partial charge < -0.3 is 15.2 Å². The number of hydrogen-bond acceptors (Lipinski definition) is 3. The third-order valence-corrected chi connectivity index (χ3v) is 2.26. The van der Waals surface area contributed by atoms with Gasteiger partial charge in [-0.05, 0) is 20.3 Å². The predicted molar refractivity (Wildman–Crippen MR) is 58.7 cm³/mol. The van der Waals surface area contributed by atoms with E-state index in [1.807, 2.05) is 20.8 Å². The highest BCUT2D eigenvalue weighted by Gasteiger charge is 2.26. The molecule has 14 heavy (non-hydrogen) atoms. The molecule has 0 radical (unpaired) electrons. The van der Waals surface area contributed by atoms with Crippen molar-refractivity contribution in [1.82, 2.24) is 0 Å². The van der Waals surface area contributed by atoms with E-state index in [-0.39, 0.29) is 0 Å². The molecule has 0 saturated heterocycles. The summed E-state index contributed by atoms with van der Waals surface area (Å²) in [6.07, 6.45) is 0.823. The summed E-state index contributed by atoms with van der Waals surface area (Å²) >= 11 is 0. The fourth-order valence-electron chi connectivity index (χ4n) is 1.10. The van der Waals surface area contributed by atoms with Gasteiger partial charge in [0.1, 0.15) is 11.4 Å². The first-order valence-electron chi connectivity index (χ1n) is 5.04. The van der Waals surface area contributed by atoms with E-state index >= 15 is 0 Å². The molecule has 0 aliphatic heterocycles. The van der Waals surface area contributed by atoms with Crippen molar-refractivity contribution in [2.24, 2.45) is 10.7 Å². The van der Waals surface area contributed by atoms with Crippen LogP contribution >= 0.6 is 0 Å². The molecule has 84 valence electrons. The number of methoxy groups -OCH3 is 1. The van der Waals surface area contributed by atoms with Crippen LogP contribution in [0.5, 0.6) is 0 Å². The average Bonchev–Trinajstić information content (AvgIpc) is 2.18. The second-order valence-electron chi connectivity index (χ2n) is 3.28. The molecule has 1 unspecified atom stereocenters. The van der Waals surface area contributed by atoms with Gasteiger partial charge in [0.15, 0.2) is 0 Å². The Morgan fingerprint density at radius 2 is 2.07 bits per heavy atom. The van der Waals surface area contributed by atoms with E-state index in [4.69, 9.17) is 15.2 Å². The molecular formula is C10H22N2O2. The number of ether oxygens (including phenoxy) is 2. The van der Waals surface area contributed by atoms with Gasteiger partial charge in [0.05, 0.1) is 13.2 Å². The lowest BCUT2D eigenvalue weighted by molar-refractivity contribution is 0.0257. The van der Waals surface area contributed by atoms with E-state index in [1.54, 1.807) is 7.11 Å². The minimum Gasteiger partial charge on any atom is -0.385 e. The first kappa shape index (κ1) is 13.4. The summed E-state index contributed by atoms with van der Waals surface area (Å²) in [6.45, 7) is 7.77. The second-order valence-corrected chi connectivity index (χ2v) is 3.28. The molecule has 0 heterocycles. The van der Waals surface area contributed by atoms with Gasteiger partial charge in [-0.25, -0.2) is 0 Å². The summed E-state index contributed by atoms with van der Waals surface area (Å²) in [4.78, 5) is 4.22. The zero-order valence-corrected chi connectivity index (χ0v) is 9.67. The highest BCUT2D eigenvalue weighted by atomic mass is 16.5. The molecule has 0 saturated carbocycles. The van der Waals surface area contributed by atoms with Crippen LogP contribution in [-0.4, -0.2) is 38.3 Å². The van der Waals surface area contributed by atoms with Crippen molar-refractivity contribution >= 4 is 5.84 Å². The Balaban J connectivity index is 4.27. The average molecular weight is 202 g/mol. The smallest absolute Gasteiger partial charge is 0.126 e. The minimum atomic E-state index is -0.428. The maximum Gasteiger partial charge on any atom is 0.126 e. The maximum atomic E-state index is 5.86. The standard InChI is InChI=1S/C10H22N2O2/c1-5-10(3,14-6-2)9(11)12-7-8-13-4/h5-8H2,1-4H3,(H2,11,12). The van der Waals surface area contributed by atoms with Gasteiger partial charge in [-0.15, -0.1) is 0 Å².